The summed E-state index contributed by atoms with van der Waals surface area (Å²) in [5.74, 6) is -1.38. The molecule has 0 bridgehead atoms. The Labute approximate surface area is 192 Å². The van der Waals surface area contributed by atoms with E-state index in [0.717, 1.165) is 21.8 Å². The van der Waals surface area contributed by atoms with Crippen LogP contribution in [-0.4, -0.2) is 30.6 Å². The van der Waals surface area contributed by atoms with Gasteiger partial charge in [0.2, 0.25) is 11.8 Å². The van der Waals surface area contributed by atoms with Gasteiger partial charge in [0.1, 0.15) is 0 Å². The number of rotatable bonds is 6. The summed E-state index contributed by atoms with van der Waals surface area (Å²) >= 11 is 4.44. The van der Waals surface area contributed by atoms with Gasteiger partial charge in [-0.05, 0) is 42.0 Å². The molecule has 2 aromatic rings. The average Bonchev–Trinajstić information content (AvgIpc) is 2.78. The van der Waals surface area contributed by atoms with Gasteiger partial charge in [0.05, 0.1) is 35.1 Å². The highest BCUT2D eigenvalue weighted by Crippen LogP contribution is 2.36. The van der Waals surface area contributed by atoms with E-state index >= 15 is 0 Å². The van der Waals surface area contributed by atoms with E-state index in [1.165, 1.54) is 7.11 Å². The molecule has 2 amide bonds. The van der Waals surface area contributed by atoms with Gasteiger partial charge in [0.25, 0.3) is 0 Å². The van der Waals surface area contributed by atoms with Crippen LogP contribution in [0, 0.1) is 11.3 Å². The van der Waals surface area contributed by atoms with Gasteiger partial charge in [0, 0.05) is 22.5 Å². The van der Waals surface area contributed by atoms with E-state index in [-0.39, 0.29) is 24.0 Å². The summed E-state index contributed by atoms with van der Waals surface area (Å²) in [6, 6.07) is 15.9. The highest BCUT2D eigenvalue weighted by atomic mass is 79.9. The van der Waals surface area contributed by atoms with Crippen LogP contribution in [0.2, 0.25) is 0 Å². The minimum Gasteiger partial charge on any atom is -0.465 e. The molecule has 1 heterocycles. The van der Waals surface area contributed by atoms with Gasteiger partial charge in [-0.2, -0.15) is 5.26 Å². The summed E-state index contributed by atoms with van der Waals surface area (Å²) in [7, 11) is 1.30. The summed E-state index contributed by atoms with van der Waals surface area (Å²) in [5.41, 5.74) is 2.15. The van der Waals surface area contributed by atoms with Crippen molar-refractivity contribution in [3.8, 4) is 6.07 Å². The molecule has 0 spiro atoms. The monoisotopic (exact) mass is 499 g/mol. The Hall–Kier alpha value is -3.09. The molecule has 7 nitrogen and oxygen atoms in total. The van der Waals surface area contributed by atoms with Crippen molar-refractivity contribution in [2.75, 3.05) is 18.2 Å². The van der Waals surface area contributed by atoms with Gasteiger partial charge in [-0.15, -0.1) is 0 Å². The zero-order chi connectivity index (χ0) is 22.4. The molecular formula is C22H18BrN3O4S. The molecule has 0 fully saturated rings. The van der Waals surface area contributed by atoms with E-state index in [1.807, 2.05) is 12.1 Å². The molecule has 0 aliphatic carbocycles. The van der Waals surface area contributed by atoms with Crippen molar-refractivity contribution in [1.29, 1.82) is 5.26 Å². The number of anilines is 1. The molecule has 1 aliphatic heterocycles. The van der Waals surface area contributed by atoms with Crippen LogP contribution < -0.4 is 10.6 Å². The quantitative estimate of drug-likeness (QED) is 0.582. The summed E-state index contributed by atoms with van der Waals surface area (Å²) in [6.45, 7) is 0. The number of hydrogen-bond donors (Lipinski definition) is 2. The lowest BCUT2D eigenvalue weighted by atomic mass is 9.87. The molecule has 2 N–H and O–H groups in total. The lowest BCUT2D eigenvalue weighted by molar-refractivity contribution is -0.121. The molecule has 2 aromatic carbocycles. The standard InChI is InChI=1S/C22H18BrN3O4S/c1-30-22(29)14-4-2-13(3-5-14)17-10-19(27)26-21(18(17)11-24)31-12-20(28)25-16-8-6-15(23)7-9-16/h2-9,17H,10,12H2,1H3,(H,25,28)(H,26,27)/t17-/m1/s1. The topological polar surface area (TPSA) is 108 Å². The number of ether oxygens (including phenoxy) is 1. The minimum absolute atomic E-state index is 0.0326. The van der Waals surface area contributed by atoms with Crippen molar-refractivity contribution in [2.24, 2.45) is 0 Å². The first-order valence-electron chi connectivity index (χ1n) is 9.22. The van der Waals surface area contributed by atoms with E-state index < -0.39 is 11.9 Å². The second-order valence-corrected chi connectivity index (χ2v) is 8.52. The predicted molar refractivity (Wildman–Crippen MR) is 121 cm³/mol. The van der Waals surface area contributed by atoms with E-state index in [0.29, 0.717) is 21.9 Å². The first-order valence-corrected chi connectivity index (χ1v) is 11.0. The van der Waals surface area contributed by atoms with E-state index in [2.05, 4.69) is 32.6 Å². The zero-order valence-electron chi connectivity index (χ0n) is 16.5. The van der Waals surface area contributed by atoms with Crippen LogP contribution in [-0.2, 0) is 14.3 Å². The number of carbonyl (C=O) groups is 3. The molecular weight excluding hydrogens is 482 g/mol. The number of amides is 2. The predicted octanol–water partition coefficient (Wildman–Crippen LogP) is 3.95. The first-order chi connectivity index (χ1) is 14.9. The molecule has 158 valence electrons. The second-order valence-electron chi connectivity index (χ2n) is 6.62. The fourth-order valence-electron chi connectivity index (χ4n) is 3.06. The number of esters is 1. The molecule has 0 unspecified atom stereocenters. The van der Waals surface area contributed by atoms with E-state index in [1.54, 1.807) is 36.4 Å². The number of benzene rings is 2. The van der Waals surface area contributed by atoms with Gasteiger partial charge >= 0.3 is 5.97 Å². The highest BCUT2D eigenvalue weighted by Gasteiger charge is 2.30. The molecule has 31 heavy (non-hydrogen) atoms. The second kappa shape index (κ2) is 10.3. The van der Waals surface area contributed by atoms with Crippen molar-refractivity contribution in [3.05, 3.63) is 74.7 Å². The number of halogens is 1. The first kappa shape index (κ1) is 22.6. The van der Waals surface area contributed by atoms with Crippen LogP contribution >= 0.6 is 27.7 Å². The Morgan fingerprint density at radius 2 is 1.90 bits per heavy atom. The third-order valence-corrected chi connectivity index (χ3v) is 6.11. The number of nitriles is 1. The third-order valence-electron chi connectivity index (χ3n) is 4.57. The van der Waals surface area contributed by atoms with Gasteiger partial charge < -0.3 is 15.4 Å². The van der Waals surface area contributed by atoms with Crippen molar-refractivity contribution >= 4 is 51.2 Å². The van der Waals surface area contributed by atoms with Crippen LogP contribution in [0.25, 0.3) is 0 Å². The average molecular weight is 500 g/mol. The lowest BCUT2D eigenvalue weighted by Crippen LogP contribution is -2.31. The number of nitrogens with zero attached hydrogens (tertiary/aromatic N) is 1. The molecule has 0 saturated heterocycles. The minimum atomic E-state index is -0.461. The van der Waals surface area contributed by atoms with Crippen molar-refractivity contribution in [1.82, 2.24) is 5.32 Å². The maximum atomic E-state index is 12.3. The SMILES string of the molecule is COC(=O)c1ccc([C@H]2CC(=O)NC(SCC(=O)Nc3ccc(Br)cc3)=C2C#N)cc1. The molecule has 0 saturated carbocycles. The number of carbonyl (C=O) groups excluding carboxylic acids is 3. The van der Waals surface area contributed by atoms with Crippen molar-refractivity contribution < 1.29 is 19.1 Å². The fraction of sp³-hybridized carbons (Fsp3) is 0.182. The summed E-state index contributed by atoms with van der Waals surface area (Å²) in [5, 5.41) is 15.6. The van der Waals surface area contributed by atoms with Crippen molar-refractivity contribution in [2.45, 2.75) is 12.3 Å². The lowest BCUT2D eigenvalue weighted by Gasteiger charge is -2.25. The van der Waals surface area contributed by atoms with Crippen molar-refractivity contribution in [3.63, 3.8) is 0 Å². The summed E-state index contributed by atoms with van der Waals surface area (Å²) in [6.07, 6.45) is 0.107. The van der Waals surface area contributed by atoms with Crippen LogP contribution in [0.5, 0.6) is 0 Å². The fourth-order valence-corrected chi connectivity index (χ4v) is 4.20. The Morgan fingerprint density at radius 1 is 1.23 bits per heavy atom. The number of methoxy groups -OCH3 is 1. The van der Waals surface area contributed by atoms with Crippen LogP contribution in [0.4, 0.5) is 5.69 Å². The van der Waals surface area contributed by atoms with Gasteiger partial charge in [-0.25, -0.2) is 4.79 Å². The van der Waals surface area contributed by atoms with Crippen LogP contribution in [0.15, 0.2) is 63.6 Å². The highest BCUT2D eigenvalue weighted by molar-refractivity contribution is 9.10. The van der Waals surface area contributed by atoms with Crippen LogP contribution in [0.1, 0.15) is 28.3 Å². The number of thioether (sulfide) groups is 1. The Morgan fingerprint density at radius 3 is 2.52 bits per heavy atom. The smallest absolute Gasteiger partial charge is 0.337 e. The molecule has 0 aromatic heterocycles. The zero-order valence-corrected chi connectivity index (χ0v) is 18.9. The maximum Gasteiger partial charge on any atom is 0.337 e. The Kier molecular flexibility index (Phi) is 7.50. The summed E-state index contributed by atoms with van der Waals surface area (Å²) < 4.78 is 5.59. The van der Waals surface area contributed by atoms with Gasteiger partial charge in [-0.1, -0.05) is 39.8 Å². The molecule has 1 aliphatic rings. The molecule has 0 radical (unpaired) electrons. The normalized spacial score (nSPS) is 15.6. The summed E-state index contributed by atoms with van der Waals surface area (Å²) in [4.78, 5) is 36.2. The number of nitrogens with one attached hydrogen (secondary N) is 2. The van der Waals surface area contributed by atoms with Gasteiger partial charge in [0.15, 0.2) is 0 Å². The Balaban J connectivity index is 1.74. The maximum absolute atomic E-state index is 12.3. The van der Waals surface area contributed by atoms with Crippen LogP contribution in [0.3, 0.4) is 0 Å². The Bertz CT molecular complexity index is 1080. The van der Waals surface area contributed by atoms with E-state index in [9.17, 15) is 19.6 Å². The van der Waals surface area contributed by atoms with Gasteiger partial charge in [-0.3, -0.25) is 9.59 Å². The van der Waals surface area contributed by atoms with E-state index in [4.69, 9.17) is 4.74 Å². The molecule has 9 heteroatoms. The molecule has 3 rings (SSSR count). The number of allylic oxidation sites excluding steroid dienone is 1. The largest absolute Gasteiger partial charge is 0.465 e. The number of hydrogen-bond acceptors (Lipinski definition) is 6. The third kappa shape index (κ3) is 5.75. The molecule has 1 atom stereocenters.